The number of amides is 2. The van der Waals surface area contributed by atoms with Crippen LogP contribution in [0.3, 0.4) is 0 Å². The smallest absolute Gasteiger partial charge is 0.253 e. The number of aryl methyl sites for hydroxylation is 1. The van der Waals surface area contributed by atoms with Gasteiger partial charge in [0, 0.05) is 42.5 Å². The van der Waals surface area contributed by atoms with Crippen molar-refractivity contribution < 1.29 is 22.7 Å². The van der Waals surface area contributed by atoms with E-state index in [0.29, 0.717) is 28.3 Å². The van der Waals surface area contributed by atoms with Gasteiger partial charge in [-0.2, -0.15) is 0 Å². The second-order valence-electron chi connectivity index (χ2n) is 8.75. The van der Waals surface area contributed by atoms with Gasteiger partial charge >= 0.3 is 0 Å². The van der Waals surface area contributed by atoms with Gasteiger partial charge < -0.3 is 20.7 Å². The van der Waals surface area contributed by atoms with Crippen molar-refractivity contribution in [3.63, 3.8) is 0 Å². The first-order valence-corrected chi connectivity index (χ1v) is 13.0. The van der Waals surface area contributed by atoms with Crippen LogP contribution in [-0.4, -0.2) is 53.1 Å². The van der Waals surface area contributed by atoms with Crippen LogP contribution in [-0.2, 0) is 14.6 Å². The van der Waals surface area contributed by atoms with Gasteiger partial charge in [-0.15, -0.1) is 0 Å². The zero-order valence-corrected chi connectivity index (χ0v) is 22.7. The Balaban J connectivity index is 2.25. The van der Waals surface area contributed by atoms with E-state index in [1.165, 1.54) is 49.3 Å². The molecule has 2 amide bonds. The second kappa shape index (κ2) is 11.3. The number of carbonyl (C=O) groups is 2. The molecule has 0 fully saturated rings. The molecule has 0 aliphatic carbocycles. The van der Waals surface area contributed by atoms with E-state index in [4.69, 9.17) is 10.5 Å². The van der Waals surface area contributed by atoms with E-state index in [-0.39, 0.29) is 32.5 Å². The number of aliphatic imine (C=N–C) groups is 1. The number of benzene rings is 3. The van der Waals surface area contributed by atoms with Crippen molar-refractivity contribution in [2.24, 2.45) is 10.7 Å². The fourth-order valence-electron chi connectivity index (χ4n) is 3.82. The highest BCUT2D eigenvalue weighted by Gasteiger charge is 2.24. The van der Waals surface area contributed by atoms with Crippen LogP contribution >= 0.6 is 0 Å². The van der Waals surface area contributed by atoms with Gasteiger partial charge in [0.25, 0.3) is 5.91 Å². The largest absolute Gasteiger partial charge is 0.497 e. The quantitative estimate of drug-likeness (QED) is 0.312. The van der Waals surface area contributed by atoms with Crippen LogP contribution in [0.4, 0.5) is 11.4 Å². The summed E-state index contributed by atoms with van der Waals surface area (Å²) in [6.45, 7) is 6.87. The van der Waals surface area contributed by atoms with Crippen LogP contribution < -0.4 is 15.8 Å². The minimum absolute atomic E-state index is 0.0472. The molecule has 0 saturated carbocycles. The molecule has 9 nitrogen and oxygen atoms in total. The summed E-state index contributed by atoms with van der Waals surface area (Å²) < 4.78 is 32.8. The number of hydrogen-bond acceptors (Lipinski definition) is 7. The normalized spacial score (nSPS) is 11.8. The molecule has 0 saturated heterocycles. The van der Waals surface area contributed by atoms with Crippen LogP contribution in [0.15, 0.2) is 81.0 Å². The number of anilines is 1. The summed E-state index contributed by atoms with van der Waals surface area (Å²) in [6.07, 6.45) is 0. The fourth-order valence-corrected chi connectivity index (χ4v) is 5.24. The Labute approximate surface area is 222 Å². The number of rotatable bonds is 9. The maximum atomic E-state index is 13.7. The molecule has 0 heterocycles. The predicted molar refractivity (Wildman–Crippen MR) is 149 cm³/mol. The maximum absolute atomic E-state index is 13.7. The maximum Gasteiger partial charge on any atom is 0.253 e. The van der Waals surface area contributed by atoms with Crippen molar-refractivity contribution >= 4 is 45.4 Å². The number of methoxy groups -OCH3 is 1. The van der Waals surface area contributed by atoms with Gasteiger partial charge in [0.1, 0.15) is 5.75 Å². The number of carbonyl (C=O) groups excluding carboxylic acids is 2. The van der Waals surface area contributed by atoms with E-state index in [1.54, 1.807) is 51.4 Å². The first-order valence-electron chi connectivity index (χ1n) is 11.5. The second-order valence-corrected chi connectivity index (χ2v) is 10.7. The Bertz CT molecular complexity index is 1560. The zero-order valence-electron chi connectivity index (χ0n) is 21.9. The molecule has 3 N–H and O–H groups in total. The molecular formula is C28H30N4O5S. The average Bonchev–Trinajstić information content (AvgIpc) is 2.90. The van der Waals surface area contributed by atoms with Gasteiger partial charge in [-0.1, -0.05) is 12.1 Å². The van der Waals surface area contributed by atoms with E-state index < -0.39 is 15.7 Å². The molecule has 0 bridgehead atoms. The van der Waals surface area contributed by atoms with Crippen LogP contribution in [0, 0.1) is 6.92 Å². The molecule has 3 aromatic carbocycles. The molecule has 3 aromatic rings. The van der Waals surface area contributed by atoms with Gasteiger partial charge in [0.05, 0.1) is 28.3 Å². The molecule has 0 unspecified atom stereocenters. The standard InChI is InChI=1S/C28H30N4O5S/c1-17-13-23(38(35,36)22-12-7-9-19(14-22)28(34)32(4)5)16-24(25(17)30-3)26(18(2)27(29)33)31-20-10-8-11-21(15-20)37-6/h7-16,31H,3H2,1-2,4-6H3,(H2,29,33)/b26-18-. The van der Waals surface area contributed by atoms with Crippen molar-refractivity contribution in [2.45, 2.75) is 23.6 Å². The summed E-state index contributed by atoms with van der Waals surface area (Å²) in [5, 5.41) is 3.17. The lowest BCUT2D eigenvalue weighted by atomic mass is 10.0. The first kappa shape index (κ1) is 28.1. The SMILES string of the molecule is C=Nc1c(C)cc(S(=O)(=O)c2cccc(C(=O)N(C)C)c2)cc1/C(Nc1cccc(OC)c1)=C(\C)C(N)=O. The summed E-state index contributed by atoms with van der Waals surface area (Å²) in [5.41, 5.74) is 8.09. The van der Waals surface area contributed by atoms with E-state index in [1.807, 2.05) is 0 Å². The highest BCUT2D eigenvalue weighted by atomic mass is 32.2. The van der Waals surface area contributed by atoms with Gasteiger partial charge in [-0.3, -0.25) is 14.6 Å². The number of hydrogen-bond donors (Lipinski definition) is 2. The lowest BCUT2D eigenvalue weighted by Crippen LogP contribution is -2.21. The van der Waals surface area contributed by atoms with Crippen LogP contribution in [0.5, 0.6) is 5.75 Å². The van der Waals surface area contributed by atoms with Crippen LogP contribution in [0.1, 0.15) is 28.4 Å². The Morgan fingerprint density at radius 1 is 1.03 bits per heavy atom. The number of nitrogens with one attached hydrogen (secondary N) is 1. The van der Waals surface area contributed by atoms with Crippen LogP contribution in [0.2, 0.25) is 0 Å². The average molecular weight is 535 g/mol. The van der Waals surface area contributed by atoms with Gasteiger partial charge in [-0.25, -0.2) is 8.42 Å². The van der Waals surface area contributed by atoms with E-state index in [2.05, 4.69) is 17.0 Å². The van der Waals surface area contributed by atoms with Crippen molar-refractivity contribution in [3.8, 4) is 5.75 Å². The van der Waals surface area contributed by atoms with Gasteiger partial charge in [-0.05, 0) is 68.6 Å². The lowest BCUT2D eigenvalue weighted by molar-refractivity contribution is -0.114. The zero-order chi connectivity index (χ0) is 28.2. The van der Waals surface area contributed by atoms with Crippen molar-refractivity contribution in [1.29, 1.82) is 0 Å². The number of nitrogens with two attached hydrogens (primary N) is 1. The number of ether oxygens (including phenoxy) is 1. The van der Waals surface area contributed by atoms with Crippen molar-refractivity contribution in [1.82, 2.24) is 4.90 Å². The number of nitrogens with zero attached hydrogens (tertiary/aromatic N) is 2. The molecule has 0 aliphatic heterocycles. The van der Waals surface area contributed by atoms with Gasteiger partial charge in [0.2, 0.25) is 15.7 Å². The lowest BCUT2D eigenvalue weighted by Gasteiger charge is -2.19. The molecule has 0 spiro atoms. The highest BCUT2D eigenvalue weighted by Crippen LogP contribution is 2.36. The minimum Gasteiger partial charge on any atom is -0.497 e. The minimum atomic E-state index is -4.07. The molecule has 10 heteroatoms. The molecule has 0 aliphatic rings. The summed E-state index contributed by atoms with van der Waals surface area (Å²) in [6, 6.07) is 15.7. The van der Waals surface area contributed by atoms with Crippen molar-refractivity contribution in [3.05, 3.63) is 82.9 Å². The highest BCUT2D eigenvalue weighted by molar-refractivity contribution is 7.91. The Kier molecular flexibility index (Phi) is 8.37. The third-order valence-electron chi connectivity index (χ3n) is 5.89. The monoisotopic (exact) mass is 534 g/mol. The van der Waals surface area contributed by atoms with Crippen molar-refractivity contribution in [2.75, 3.05) is 26.5 Å². The van der Waals surface area contributed by atoms with E-state index in [0.717, 1.165) is 0 Å². The summed E-state index contributed by atoms with van der Waals surface area (Å²) in [5.74, 6) is -0.450. The van der Waals surface area contributed by atoms with Gasteiger partial charge in [0.15, 0.2) is 0 Å². The topological polar surface area (TPSA) is 131 Å². The third-order valence-corrected chi connectivity index (χ3v) is 7.62. The Hall–Kier alpha value is -4.44. The summed E-state index contributed by atoms with van der Waals surface area (Å²) in [7, 11) is 0.633. The Morgan fingerprint density at radius 3 is 2.32 bits per heavy atom. The number of sulfone groups is 1. The molecule has 0 radical (unpaired) electrons. The molecule has 0 atom stereocenters. The van der Waals surface area contributed by atoms with E-state index >= 15 is 0 Å². The van der Waals surface area contributed by atoms with E-state index in [9.17, 15) is 18.0 Å². The number of primary amides is 1. The Morgan fingerprint density at radius 2 is 1.71 bits per heavy atom. The molecule has 38 heavy (non-hydrogen) atoms. The summed E-state index contributed by atoms with van der Waals surface area (Å²) in [4.78, 5) is 30.1. The predicted octanol–water partition coefficient (Wildman–Crippen LogP) is 4.20. The summed E-state index contributed by atoms with van der Waals surface area (Å²) >= 11 is 0. The first-order chi connectivity index (χ1) is 17.9. The molecule has 198 valence electrons. The molecular weight excluding hydrogens is 504 g/mol. The molecule has 3 rings (SSSR count). The fraction of sp³-hybridized carbons (Fsp3) is 0.179. The third kappa shape index (κ3) is 5.76. The molecule has 0 aromatic heterocycles. The van der Waals surface area contributed by atoms with Crippen LogP contribution in [0.25, 0.3) is 5.70 Å².